The third kappa shape index (κ3) is 6.10. The lowest BCUT2D eigenvalue weighted by atomic mass is 9.96. The SMILES string of the molecule is O=C(NCCCN1CCOCC1)C1CCN(c2ccc(-c3ccc(Cl)c(Cl)c3)nn2)CC1. The molecule has 2 saturated heterocycles. The van der Waals surface area contributed by atoms with Gasteiger partial charge in [0.2, 0.25) is 5.91 Å². The van der Waals surface area contributed by atoms with Gasteiger partial charge in [0.1, 0.15) is 0 Å². The van der Waals surface area contributed by atoms with Crippen LogP contribution in [-0.4, -0.2) is 73.5 Å². The third-order valence-electron chi connectivity index (χ3n) is 6.11. The molecule has 1 aromatic heterocycles. The molecular weight excluding hydrogens is 449 g/mol. The predicted molar refractivity (Wildman–Crippen MR) is 127 cm³/mol. The Kier molecular flexibility index (Phi) is 8.19. The van der Waals surface area contributed by atoms with Gasteiger partial charge >= 0.3 is 0 Å². The van der Waals surface area contributed by atoms with Crippen molar-refractivity contribution in [1.29, 1.82) is 0 Å². The van der Waals surface area contributed by atoms with Gasteiger partial charge in [-0.25, -0.2) is 0 Å². The zero-order valence-electron chi connectivity index (χ0n) is 18.1. The molecule has 32 heavy (non-hydrogen) atoms. The molecular formula is C23H29Cl2N5O2. The number of morpholine rings is 1. The van der Waals surface area contributed by atoms with Crippen LogP contribution < -0.4 is 10.2 Å². The molecule has 2 aliphatic rings. The molecule has 2 aromatic rings. The Morgan fingerprint density at radius 3 is 2.50 bits per heavy atom. The van der Waals surface area contributed by atoms with E-state index in [4.69, 9.17) is 27.9 Å². The number of rotatable bonds is 7. The van der Waals surface area contributed by atoms with Crippen LogP contribution in [0.5, 0.6) is 0 Å². The maximum absolute atomic E-state index is 12.5. The second-order valence-electron chi connectivity index (χ2n) is 8.27. The van der Waals surface area contributed by atoms with Crippen molar-refractivity contribution in [2.24, 2.45) is 5.92 Å². The highest BCUT2D eigenvalue weighted by atomic mass is 35.5. The van der Waals surface area contributed by atoms with Crippen LogP contribution in [0.2, 0.25) is 10.0 Å². The molecule has 0 spiro atoms. The molecule has 1 amide bonds. The Morgan fingerprint density at radius 1 is 1.03 bits per heavy atom. The second-order valence-corrected chi connectivity index (χ2v) is 9.08. The Morgan fingerprint density at radius 2 is 1.81 bits per heavy atom. The molecule has 172 valence electrons. The van der Waals surface area contributed by atoms with Gasteiger partial charge in [-0.15, -0.1) is 10.2 Å². The number of carbonyl (C=O) groups is 1. The number of amides is 1. The molecule has 0 aliphatic carbocycles. The standard InChI is InChI=1S/C23H29Cl2N5O2/c24-19-3-2-18(16-20(19)25)21-4-5-22(28-27-21)30-10-6-17(7-11-30)23(31)26-8-1-9-29-12-14-32-15-13-29/h2-5,16-17H,1,6-15H2,(H,26,31). The first kappa shape index (κ1) is 23.2. The summed E-state index contributed by atoms with van der Waals surface area (Å²) in [5.74, 6) is 1.07. The van der Waals surface area contributed by atoms with E-state index < -0.39 is 0 Å². The summed E-state index contributed by atoms with van der Waals surface area (Å²) in [6.07, 6.45) is 2.63. The number of hydrogen-bond donors (Lipinski definition) is 1. The van der Waals surface area contributed by atoms with E-state index in [1.807, 2.05) is 18.2 Å². The van der Waals surface area contributed by atoms with E-state index in [9.17, 15) is 4.79 Å². The molecule has 4 rings (SSSR count). The van der Waals surface area contributed by atoms with Gasteiger partial charge in [-0.1, -0.05) is 29.3 Å². The van der Waals surface area contributed by atoms with Crippen LogP contribution >= 0.6 is 23.2 Å². The topological polar surface area (TPSA) is 70.6 Å². The van der Waals surface area contributed by atoms with Crippen molar-refractivity contribution in [2.45, 2.75) is 19.3 Å². The van der Waals surface area contributed by atoms with Gasteiger partial charge in [-0.05, 0) is 50.1 Å². The first-order valence-corrected chi connectivity index (χ1v) is 12.0. The molecule has 9 heteroatoms. The normalized spacial score (nSPS) is 18.0. The summed E-state index contributed by atoms with van der Waals surface area (Å²) in [5, 5.41) is 12.9. The minimum Gasteiger partial charge on any atom is -0.379 e. The number of nitrogens with one attached hydrogen (secondary N) is 1. The molecule has 3 heterocycles. The third-order valence-corrected chi connectivity index (χ3v) is 6.85. The quantitative estimate of drug-likeness (QED) is 0.615. The van der Waals surface area contributed by atoms with Crippen molar-refractivity contribution in [3.63, 3.8) is 0 Å². The summed E-state index contributed by atoms with van der Waals surface area (Å²) in [4.78, 5) is 17.1. The Labute approximate surface area is 199 Å². The summed E-state index contributed by atoms with van der Waals surface area (Å²) in [6, 6.07) is 9.33. The second kappa shape index (κ2) is 11.3. The molecule has 1 N–H and O–H groups in total. The van der Waals surface area contributed by atoms with Gasteiger partial charge in [-0.3, -0.25) is 9.69 Å². The number of halogens is 2. The molecule has 0 saturated carbocycles. The van der Waals surface area contributed by atoms with E-state index in [0.29, 0.717) is 10.0 Å². The minimum absolute atomic E-state index is 0.0677. The predicted octanol–water partition coefficient (Wildman–Crippen LogP) is 3.51. The molecule has 2 aliphatic heterocycles. The van der Waals surface area contributed by atoms with Gasteiger partial charge in [-0.2, -0.15) is 0 Å². The summed E-state index contributed by atoms with van der Waals surface area (Å²) < 4.78 is 5.37. The number of piperidine rings is 1. The highest BCUT2D eigenvalue weighted by molar-refractivity contribution is 6.42. The molecule has 1 aromatic carbocycles. The monoisotopic (exact) mass is 477 g/mol. The van der Waals surface area contributed by atoms with Crippen molar-refractivity contribution in [1.82, 2.24) is 20.4 Å². The fourth-order valence-corrected chi connectivity index (χ4v) is 4.46. The number of hydrogen-bond acceptors (Lipinski definition) is 6. The number of nitrogens with zero attached hydrogens (tertiary/aromatic N) is 4. The van der Waals surface area contributed by atoms with Crippen molar-refractivity contribution in [2.75, 3.05) is 57.4 Å². The smallest absolute Gasteiger partial charge is 0.223 e. The lowest BCUT2D eigenvalue weighted by molar-refractivity contribution is -0.125. The lowest BCUT2D eigenvalue weighted by Gasteiger charge is -2.32. The molecule has 7 nitrogen and oxygen atoms in total. The largest absolute Gasteiger partial charge is 0.379 e. The zero-order valence-corrected chi connectivity index (χ0v) is 19.6. The van der Waals surface area contributed by atoms with Gasteiger partial charge in [0.05, 0.1) is 29.0 Å². The Balaban J connectivity index is 1.21. The van der Waals surface area contributed by atoms with E-state index in [0.717, 1.165) is 88.8 Å². The van der Waals surface area contributed by atoms with Gasteiger partial charge in [0, 0.05) is 44.2 Å². The van der Waals surface area contributed by atoms with Crippen LogP contribution in [0.3, 0.4) is 0 Å². The molecule has 0 atom stereocenters. The highest BCUT2D eigenvalue weighted by Gasteiger charge is 2.25. The van der Waals surface area contributed by atoms with Gasteiger partial charge < -0.3 is 15.0 Å². The van der Waals surface area contributed by atoms with E-state index in [1.165, 1.54) is 0 Å². The summed E-state index contributed by atoms with van der Waals surface area (Å²) >= 11 is 12.1. The summed E-state index contributed by atoms with van der Waals surface area (Å²) in [6.45, 7) is 6.95. The number of carbonyl (C=O) groups excluding carboxylic acids is 1. The van der Waals surface area contributed by atoms with Crippen LogP contribution in [-0.2, 0) is 9.53 Å². The van der Waals surface area contributed by atoms with Gasteiger partial charge in [0.25, 0.3) is 0 Å². The number of aromatic nitrogens is 2. The van der Waals surface area contributed by atoms with Crippen LogP contribution in [0.4, 0.5) is 5.82 Å². The van der Waals surface area contributed by atoms with Crippen LogP contribution in [0.1, 0.15) is 19.3 Å². The summed E-state index contributed by atoms with van der Waals surface area (Å²) in [5.41, 5.74) is 1.63. The average Bonchev–Trinajstić information content (AvgIpc) is 2.84. The maximum Gasteiger partial charge on any atom is 0.223 e. The Hall–Kier alpha value is -1.93. The van der Waals surface area contributed by atoms with E-state index in [1.54, 1.807) is 12.1 Å². The summed E-state index contributed by atoms with van der Waals surface area (Å²) in [7, 11) is 0. The Bertz CT molecular complexity index is 898. The van der Waals surface area contributed by atoms with Crippen LogP contribution in [0.15, 0.2) is 30.3 Å². The first-order valence-electron chi connectivity index (χ1n) is 11.2. The minimum atomic E-state index is 0.0677. The first-order chi connectivity index (χ1) is 15.6. The zero-order chi connectivity index (χ0) is 22.3. The number of benzene rings is 1. The average molecular weight is 478 g/mol. The van der Waals surface area contributed by atoms with E-state index in [-0.39, 0.29) is 11.8 Å². The molecule has 0 bridgehead atoms. The van der Waals surface area contributed by atoms with Crippen molar-refractivity contribution in [3.8, 4) is 11.3 Å². The fraction of sp³-hybridized carbons (Fsp3) is 0.522. The lowest BCUT2D eigenvalue weighted by Crippen LogP contribution is -2.42. The fourth-order valence-electron chi connectivity index (χ4n) is 4.16. The number of anilines is 1. The maximum atomic E-state index is 12.5. The van der Waals surface area contributed by atoms with Gasteiger partial charge in [0.15, 0.2) is 5.82 Å². The van der Waals surface area contributed by atoms with Crippen molar-refractivity contribution in [3.05, 3.63) is 40.4 Å². The van der Waals surface area contributed by atoms with E-state index >= 15 is 0 Å². The molecule has 0 radical (unpaired) electrons. The van der Waals surface area contributed by atoms with Crippen molar-refractivity contribution < 1.29 is 9.53 Å². The highest BCUT2D eigenvalue weighted by Crippen LogP contribution is 2.28. The van der Waals surface area contributed by atoms with Crippen LogP contribution in [0, 0.1) is 5.92 Å². The van der Waals surface area contributed by atoms with Crippen molar-refractivity contribution >= 4 is 34.9 Å². The number of ether oxygens (including phenoxy) is 1. The van der Waals surface area contributed by atoms with E-state index in [2.05, 4.69) is 25.3 Å². The van der Waals surface area contributed by atoms with Crippen LogP contribution in [0.25, 0.3) is 11.3 Å². The molecule has 0 unspecified atom stereocenters. The molecule has 2 fully saturated rings.